The second-order valence-electron chi connectivity index (χ2n) is 9.66. The van der Waals surface area contributed by atoms with Gasteiger partial charge < -0.3 is 19.7 Å². The minimum absolute atomic E-state index is 0.0400. The average Bonchev–Trinajstić information content (AvgIpc) is 3.33. The lowest BCUT2D eigenvalue weighted by molar-refractivity contribution is -0.134. The van der Waals surface area contributed by atoms with Crippen molar-refractivity contribution in [2.45, 2.75) is 52.6 Å². The molecule has 184 valence electrons. The molecule has 0 fully saturated rings. The average molecular weight is 473 g/mol. The lowest BCUT2D eigenvalue weighted by atomic mass is 9.98. The first-order valence-electron chi connectivity index (χ1n) is 12.5. The first-order valence-corrected chi connectivity index (χ1v) is 12.5. The van der Waals surface area contributed by atoms with Crippen molar-refractivity contribution in [3.8, 4) is 0 Å². The quantitative estimate of drug-likeness (QED) is 0.473. The second kappa shape index (κ2) is 10.8. The third kappa shape index (κ3) is 5.59. The van der Waals surface area contributed by atoms with E-state index in [1.807, 2.05) is 42.2 Å². The standard InChI is InChI=1S/C29H36N4O2/c1-5-16-32(29(35)30-25-14-12-23(13-15-25)21(2)3)20-27(34)33-19-18-31-17-6-7-26(31)28(33)24-10-8-22(4)9-11-24/h6-15,17,21,28H,5,16,18-20H2,1-4H3,(H,30,35). The van der Waals surface area contributed by atoms with Crippen LogP contribution in [0.5, 0.6) is 0 Å². The number of amides is 3. The summed E-state index contributed by atoms with van der Waals surface area (Å²) in [6, 6.07) is 20.0. The third-order valence-electron chi connectivity index (χ3n) is 6.69. The number of hydrogen-bond acceptors (Lipinski definition) is 2. The van der Waals surface area contributed by atoms with Crippen molar-refractivity contribution in [2.75, 3.05) is 25.0 Å². The van der Waals surface area contributed by atoms with E-state index in [0.29, 0.717) is 19.0 Å². The van der Waals surface area contributed by atoms with Gasteiger partial charge in [-0.25, -0.2) is 4.79 Å². The largest absolute Gasteiger partial charge is 0.348 e. The Labute approximate surface area is 208 Å². The maximum absolute atomic E-state index is 13.6. The van der Waals surface area contributed by atoms with Gasteiger partial charge in [0.25, 0.3) is 0 Å². The van der Waals surface area contributed by atoms with E-state index in [-0.39, 0.29) is 24.5 Å². The lowest BCUT2D eigenvalue weighted by Crippen LogP contribution is -2.48. The highest BCUT2D eigenvalue weighted by Gasteiger charge is 2.33. The molecule has 0 aliphatic carbocycles. The number of carbonyl (C=O) groups is 2. The lowest BCUT2D eigenvalue weighted by Gasteiger charge is -2.38. The normalized spacial score (nSPS) is 15.1. The van der Waals surface area contributed by atoms with Gasteiger partial charge in [0.1, 0.15) is 6.54 Å². The number of urea groups is 1. The van der Waals surface area contributed by atoms with Crippen molar-refractivity contribution in [3.63, 3.8) is 0 Å². The van der Waals surface area contributed by atoms with Gasteiger partial charge in [-0.15, -0.1) is 0 Å². The van der Waals surface area contributed by atoms with E-state index in [4.69, 9.17) is 0 Å². The van der Waals surface area contributed by atoms with Crippen molar-refractivity contribution < 1.29 is 9.59 Å². The Hall–Kier alpha value is -3.54. The van der Waals surface area contributed by atoms with E-state index < -0.39 is 0 Å². The van der Waals surface area contributed by atoms with Crippen LogP contribution in [0.25, 0.3) is 0 Å². The fourth-order valence-electron chi connectivity index (χ4n) is 4.68. The third-order valence-corrected chi connectivity index (χ3v) is 6.69. The molecular formula is C29H36N4O2. The molecule has 1 aliphatic rings. The number of anilines is 1. The number of aromatic nitrogens is 1. The molecule has 1 unspecified atom stereocenters. The van der Waals surface area contributed by atoms with Crippen LogP contribution in [-0.4, -0.2) is 45.9 Å². The topological polar surface area (TPSA) is 57.6 Å². The van der Waals surface area contributed by atoms with Crippen LogP contribution in [0.15, 0.2) is 66.9 Å². The van der Waals surface area contributed by atoms with Crippen molar-refractivity contribution in [2.24, 2.45) is 0 Å². The molecule has 2 aromatic carbocycles. The molecule has 0 spiro atoms. The second-order valence-corrected chi connectivity index (χ2v) is 9.66. The molecule has 1 N–H and O–H groups in total. The van der Waals surface area contributed by atoms with Crippen molar-refractivity contribution in [3.05, 3.63) is 89.2 Å². The van der Waals surface area contributed by atoms with Gasteiger partial charge in [-0.1, -0.05) is 62.7 Å². The van der Waals surface area contributed by atoms with E-state index in [1.165, 1.54) is 11.1 Å². The van der Waals surface area contributed by atoms with Gasteiger partial charge >= 0.3 is 6.03 Å². The Morgan fingerprint density at radius 1 is 1.03 bits per heavy atom. The number of carbonyl (C=O) groups excluding carboxylic acids is 2. The first-order chi connectivity index (χ1) is 16.9. The fraction of sp³-hybridized carbons (Fsp3) is 0.379. The smallest absolute Gasteiger partial charge is 0.322 e. The van der Waals surface area contributed by atoms with Crippen LogP contribution in [-0.2, 0) is 11.3 Å². The predicted molar refractivity (Wildman–Crippen MR) is 141 cm³/mol. The molecule has 1 aliphatic heterocycles. The summed E-state index contributed by atoms with van der Waals surface area (Å²) in [7, 11) is 0. The molecule has 6 nitrogen and oxygen atoms in total. The molecule has 0 radical (unpaired) electrons. The zero-order valence-corrected chi connectivity index (χ0v) is 21.2. The number of aryl methyl sites for hydroxylation is 1. The molecule has 0 saturated heterocycles. The minimum Gasteiger partial charge on any atom is -0.348 e. The van der Waals surface area contributed by atoms with Gasteiger partial charge in [-0.05, 0) is 54.7 Å². The van der Waals surface area contributed by atoms with Crippen LogP contribution in [0.4, 0.5) is 10.5 Å². The van der Waals surface area contributed by atoms with Gasteiger partial charge in [0.15, 0.2) is 0 Å². The Morgan fingerprint density at radius 3 is 2.40 bits per heavy atom. The summed E-state index contributed by atoms with van der Waals surface area (Å²) < 4.78 is 2.21. The SMILES string of the molecule is CCCN(CC(=O)N1CCn2cccc2C1c1ccc(C)cc1)C(=O)Nc1ccc(C(C)C)cc1. The summed E-state index contributed by atoms with van der Waals surface area (Å²) in [5.74, 6) is 0.392. The highest BCUT2D eigenvalue weighted by atomic mass is 16.2. The number of benzene rings is 2. The molecule has 0 saturated carbocycles. The molecular weight excluding hydrogens is 436 g/mol. The van der Waals surface area contributed by atoms with Gasteiger partial charge in [0.2, 0.25) is 5.91 Å². The Kier molecular flexibility index (Phi) is 7.59. The van der Waals surface area contributed by atoms with Crippen LogP contribution < -0.4 is 5.32 Å². The number of hydrogen-bond donors (Lipinski definition) is 1. The first kappa shape index (κ1) is 24.6. The minimum atomic E-state index is -0.246. The molecule has 4 rings (SSSR count). The molecule has 3 amide bonds. The summed E-state index contributed by atoms with van der Waals surface area (Å²) in [4.78, 5) is 30.3. The Balaban J connectivity index is 1.52. The van der Waals surface area contributed by atoms with Gasteiger partial charge in [-0.2, -0.15) is 0 Å². The highest BCUT2D eigenvalue weighted by Crippen LogP contribution is 2.32. The van der Waals surface area contributed by atoms with Gasteiger partial charge in [-0.3, -0.25) is 4.79 Å². The molecule has 6 heteroatoms. The van der Waals surface area contributed by atoms with Gasteiger partial charge in [0, 0.05) is 37.2 Å². The predicted octanol–water partition coefficient (Wildman–Crippen LogP) is 5.80. The van der Waals surface area contributed by atoms with E-state index in [9.17, 15) is 9.59 Å². The van der Waals surface area contributed by atoms with Crippen LogP contribution in [0.1, 0.15) is 61.5 Å². The van der Waals surface area contributed by atoms with E-state index >= 15 is 0 Å². The van der Waals surface area contributed by atoms with Gasteiger partial charge in [0.05, 0.1) is 6.04 Å². The van der Waals surface area contributed by atoms with Crippen LogP contribution in [0.3, 0.4) is 0 Å². The summed E-state index contributed by atoms with van der Waals surface area (Å²) in [6.45, 7) is 10.3. The zero-order valence-electron chi connectivity index (χ0n) is 21.2. The van der Waals surface area contributed by atoms with E-state index in [0.717, 1.165) is 29.9 Å². The maximum atomic E-state index is 13.6. The summed E-state index contributed by atoms with van der Waals surface area (Å²) in [5, 5.41) is 2.97. The number of fused-ring (bicyclic) bond motifs is 1. The van der Waals surface area contributed by atoms with E-state index in [1.54, 1.807) is 4.90 Å². The molecule has 1 aromatic heterocycles. The van der Waals surface area contributed by atoms with Crippen molar-refractivity contribution in [1.29, 1.82) is 0 Å². The summed E-state index contributed by atoms with van der Waals surface area (Å²) in [6.07, 6.45) is 2.84. The Bertz CT molecular complexity index is 1150. The summed E-state index contributed by atoms with van der Waals surface area (Å²) in [5.41, 5.74) is 5.33. The van der Waals surface area contributed by atoms with Crippen molar-refractivity contribution in [1.82, 2.24) is 14.4 Å². The van der Waals surface area contributed by atoms with Crippen LogP contribution in [0, 0.1) is 6.92 Å². The summed E-state index contributed by atoms with van der Waals surface area (Å²) >= 11 is 0. The molecule has 0 bridgehead atoms. The monoisotopic (exact) mass is 472 g/mol. The van der Waals surface area contributed by atoms with Crippen LogP contribution >= 0.6 is 0 Å². The molecule has 2 heterocycles. The molecule has 35 heavy (non-hydrogen) atoms. The molecule has 3 aromatic rings. The Morgan fingerprint density at radius 2 is 1.74 bits per heavy atom. The van der Waals surface area contributed by atoms with Crippen molar-refractivity contribution >= 4 is 17.6 Å². The molecule has 1 atom stereocenters. The van der Waals surface area contributed by atoms with Crippen LogP contribution in [0.2, 0.25) is 0 Å². The number of rotatable bonds is 7. The highest BCUT2D eigenvalue weighted by molar-refractivity contribution is 5.92. The maximum Gasteiger partial charge on any atom is 0.322 e. The number of nitrogens with one attached hydrogen (secondary N) is 1. The number of nitrogens with zero attached hydrogens (tertiary/aromatic N) is 3. The fourth-order valence-corrected chi connectivity index (χ4v) is 4.68. The van der Waals surface area contributed by atoms with E-state index in [2.05, 4.69) is 67.2 Å². The zero-order chi connectivity index (χ0) is 24.9.